The highest BCUT2D eigenvalue weighted by atomic mass is 16.6. The average molecular weight is 405 g/mol. The molecule has 2 aromatic carbocycles. The van der Waals surface area contributed by atoms with Crippen molar-refractivity contribution in [1.82, 2.24) is 20.6 Å². The summed E-state index contributed by atoms with van der Waals surface area (Å²) in [7, 11) is 0. The number of nitrogens with two attached hydrogens (primary N) is 1. The molecule has 1 amide bonds. The number of aromatic hydroxyl groups is 1. The number of anilines is 1. The van der Waals surface area contributed by atoms with Gasteiger partial charge in [-0.15, -0.1) is 10.2 Å². The number of aromatic nitrogens is 2. The molecule has 8 nitrogen and oxygen atoms in total. The van der Waals surface area contributed by atoms with E-state index in [1.165, 1.54) is 11.6 Å². The SMILES string of the molecule is Nc1nnc(-c2ccccc2O)cc1OC(=O)NN1CCC(c2ccccc2)CC1. The number of carbonyl (C=O) groups excluding carboxylic acids is 1. The molecule has 1 saturated heterocycles. The van der Waals surface area contributed by atoms with Gasteiger partial charge in [-0.25, -0.2) is 9.80 Å². The summed E-state index contributed by atoms with van der Waals surface area (Å²) < 4.78 is 5.36. The average Bonchev–Trinajstić information content (AvgIpc) is 2.77. The van der Waals surface area contributed by atoms with Crippen LogP contribution in [0.3, 0.4) is 0 Å². The summed E-state index contributed by atoms with van der Waals surface area (Å²) in [6.07, 6.45) is 1.25. The minimum atomic E-state index is -0.643. The van der Waals surface area contributed by atoms with Crippen molar-refractivity contribution in [2.45, 2.75) is 18.8 Å². The predicted molar refractivity (Wildman–Crippen MR) is 113 cm³/mol. The topological polar surface area (TPSA) is 114 Å². The zero-order valence-corrected chi connectivity index (χ0v) is 16.4. The molecule has 0 spiro atoms. The van der Waals surface area contributed by atoms with Gasteiger partial charge in [0, 0.05) is 24.7 Å². The number of para-hydroxylation sites is 1. The lowest BCUT2D eigenvalue weighted by Crippen LogP contribution is -2.47. The number of nitrogens with zero attached hydrogens (tertiary/aromatic N) is 3. The summed E-state index contributed by atoms with van der Waals surface area (Å²) in [6.45, 7) is 1.45. The lowest BCUT2D eigenvalue weighted by molar-refractivity contribution is 0.123. The van der Waals surface area contributed by atoms with Gasteiger partial charge in [0.05, 0.1) is 0 Å². The van der Waals surface area contributed by atoms with Crippen molar-refractivity contribution in [3.63, 3.8) is 0 Å². The van der Waals surface area contributed by atoms with Gasteiger partial charge in [-0.05, 0) is 36.5 Å². The van der Waals surface area contributed by atoms with E-state index in [1.54, 1.807) is 24.3 Å². The van der Waals surface area contributed by atoms with Gasteiger partial charge < -0.3 is 15.6 Å². The molecule has 8 heteroatoms. The maximum Gasteiger partial charge on any atom is 0.427 e. The third-order valence-corrected chi connectivity index (χ3v) is 5.18. The Morgan fingerprint density at radius 3 is 2.50 bits per heavy atom. The third kappa shape index (κ3) is 4.49. The van der Waals surface area contributed by atoms with Crippen LogP contribution in [0.1, 0.15) is 24.3 Å². The van der Waals surface area contributed by atoms with Crippen LogP contribution in [0.25, 0.3) is 11.3 Å². The minimum Gasteiger partial charge on any atom is -0.507 e. The van der Waals surface area contributed by atoms with Crippen molar-refractivity contribution in [3.05, 3.63) is 66.2 Å². The molecular formula is C22H23N5O3. The van der Waals surface area contributed by atoms with Crippen LogP contribution in [-0.2, 0) is 0 Å². The number of amides is 1. The fourth-order valence-electron chi connectivity index (χ4n) is 3.59. The van der Waals surface area contributed by atoms with Crippen LogP contribution in [0, 0.1) is 0 Å². The number of nitrogen functional groups attached to an aromatic ring is 1. The number of hydrogen-bond acceptors (Lipinski definition) is 7. The number of hydrogen-bond donors (Lipinski definition) is 3. The van der Waals surface area contributed by atoms with Gasteiger partial charge in [0.25, 0.3) is 0 Å². The number of nitrogens with one attached hydrogen (secondary N) is 1. The summed E-state index contributed by atoms with van der Waals surface area (Å²) in [5.74, 6) is 0.613. The van der Waals surface area contributed by atoms with Gasteiger partial charge in [0.1, 0.15) is 11.4 Å². The van der Waals surface area contributed by atoms with Crippen molar-refractivity contribution in [2.24, 2.45) is 0 Å². The Bertz CT molecular complexity index is 1020. The second-order valence-electron chi connectivity index (χ2n) is 7.17. The van der Waals surface area contributed by atoms with Gasteiger partial charge in [0.15, 0.2) is 11.6 Å². The quantitative estimate of drug-likeness (QED) is 0.610. The van der Waals surface area contributed by atoms with E-state index in [0.717, 1.165) is 25.9 Å². The first-order valence-electron chi connectivity index (χ1n) is 9.80. The third-order valence-electron chi connectivity index (χ3n) is 5.18. The number of hydrazine groups is 1. The maximum absolute atomic E-state index is 12.4. The highest BCUT2D eigenvalue weighted by Gasteiger charge is 2.22. The second-order valence-corrected chi connectivity index (χ2v) is 7.17. The van der Waals surface area contributed by atoms with E-state index in [1.807, 2.05) is 23.2 Å². The van der Waals surface area contributed by atoms with Gasteiger partial charge in [0.2, 0.25) is 0 Å². The van der Waals surface area contributed by atoms with Crippen LogP contribution in [-0.4, -0.2) is 39.5 Å². The number of piperidine rings is 1. The first-order valence-corrected chi connectivity index (χ1v) is 9.80. The Kier molecular flexibility index (Phi) is 5.76. The summed E-state index contributed by atoms with van der Waals surface area (Å²) in [6, 6.07) is 18.6. The molecule has 0 bridgehead atoms. The molecule has 4 rings (SSSR count). The Morgan fingerprint density at radius 1 is 1.07 bits per heavy atom. The highest BCUT2D eigenvalue weighted by molar-refractivity contribution is 5.74. The molecule has 0 saturated carbocycles. The number of ether oxygens (including phenoxy) is 1. The van der Waals surface area contributed by atoms with E-state index in [4.69, 9.17) is 10.5 Å². The monoisotopic (exact) mass is 405 g/mol. The second kappa shape index (κ2) is 8.79. The lowest BCUT2D eigenvalue weighted by atomic mass is 9.90. The number of phenolic OH excluding ortho intramolecular Hbond substituents is 1. The highest BCUT2D eigenvalue weighted by Crippen LogP contribution is 2.31. The number of benzene rings is 2. The molecule has 1 fully saturated rings. The molecule has 4 N–H and O–H groups in total. The fraction of sp³-hybridized carbons (Fsp3) is 0.227. The first kappa shape index (κ1) is 19.7. The molecule has 0 atom stereocenters. The molecule has 1 aromatic heterocycles. The van der Waals surface area contributed by atoms with Gasteiger partial charge in [-0.2, -0.15) is 0 Å². The number of carbonyl (C=O) groups is 1. The van der Waals surface area contributed by atoms with Crippen LogP contribution in [0.2, 0.25) is 0 Å². The summed E-state index contributed by atoms with van der Waals surface area (Å²) in [4.78, 5) is 12.4. The smallest absolute Gasteiger partial charge is 0.427 e. The molecule has 0 radical (unpaired) electrons. The zero-order valence-electron chi connectivity index (χ0n) is 16.4. The van der Waals surface area contributed by atoms with E-state index in [-0.39, 0.29) is 17.3 Å². The van der Waals surface area contributed by atoms with Crippen molar-refractivity contribution in [3.8, 4) is 22.8 Å². The molecule has 0 aliphatic carbocycles. The van der Waals surface area contributed by atoms with Gasteiger partial charge in [-0.3, -0.25) is 5.43 Å². The summed E-state index contributed by atoms with van der Waals surface area (Å²) in [5.41, 5.74) is 10.7. The Balaban J connectivity index is 1.37. The molecule has 0 unspecified atom stereocenters. The van der Waals surface area contributed by atoms with E-state index in [9.17, 15) is 9.90 Å². The van der Waals surface area contributed by atoms with Crippen LogP contribution in [0.4, 0.5) is 10.6 Å². The van der Waals surface area contributed by atoms with Crippen LogP contribution < -0.4 is 15.9 Å². The Morgan fingerprint density at radius 2 is 1.77 bits per heavy atom. The fourth-order valence-corrected chi connectivity index (χ4v) is 3.59. The van der Waals surface area contributed by atoms with Gasteiger partial charge >= 0.3 is 6.09 Å². The Labute approximate surface area is 174 Å². The normalized spacial score (nSPS) is 14.9. The molecule has 154 valence electrons. The molecule has 3 aromatic rings. The largest absolute Gasteiger partial charge is 0.507 e. The maximum atomic E-state index is 12.4. The van der Waals surface area contributed by atoms with Crippen LogP contribution >= 0.6 is 0 Å². The summed E-state index contributed by atoms with van der Waals surface area (Å²) in [5, 5.41) is 19.7. The summed E-state index contributed by atoms with van der Waals surface area (Å²) >= 11 is 0. The minimum absolute atomic E-state index is 0.00731. The molecule has 1 aliphatic rings. The van der Waals surface area contributed by atoms with E-state index in [2.05, 4.69) is 27.8 Å². The van der Waals surface area contributed by atoms with Crippen molar-refractivity contribution in [2.75, 3.05) is 18.8 Å². The number of rotatable bonds is 4. The first-order chi connectivity index (χ1) is 14.6. The Hall–Kier alpha value is -3.65. The lowest BCUT2D eigenvalue weighted by Gasteiger charge is -2.31. The number of phenols is 1. The molecule has 30 heavy (non-hydrogen) atoms. The molecular weight excluding hydrogens is 382 g/mol. The van der Waals surface area contributed by atoms with Crippen molar-refractivity contribution >= 4 is 11.9 Å². The van der Waals surface area contributed by atoms with Gasteiger partial charge in [-0.1, -0.05) is 42.5 Å². The zero-order chi connectivity index (χ0) is 20.9. The van der Waals surface area contributed by atoms with E-state index >= 15 is 0 Å². The van der Waals surface area contributed by atoms with Crippen LogP contribution in [0.5, 0.6) is 11.5 Å². The van der Waals surface area contributed by atoms with Crippen molar-refractivity contribution < 1.29 is 14.6 Å². The predicted octanol–water partition coefficient (Wildman–Crippen LogP) is 3.31. The standard InChI is InChI=1S/C22H23N5O3/c23-21-20(14-18(24-25-21)17-8-4-5-9-19(17)28)30-22(29)26-27-12-10-16(11-13-27)15-6-2-1-3-7-15/h1-9,14,16,28H,10-13H2,(H2,23,25)(H,26,29). The van der Waals surface area contributed by atoms with E-state index < -0.39 is 6.09 Å². The van der Waals surface area contributed by atoms with E-state index in [0.29, 0.717) is 17.2 Å². The van der Waals surface area contributed by atoms with Crippen molar-refractivity contribution in [1.29, 1.82) is 0 Å². The van der Waals surface area contributed by atoms with Crippen LogP contribution in [0.15, 0.2) is 60.7 Å². The molecule has 1 aliphatic heterocycles. The molecule has 2 heterocycles.